The summed E-state index contributed by atoms with van der Waals surface area (Å²) >= 11 is 0. The molecule has 1 aliphatic heterocycles. The van der Waals surface area contributed by atoms with Gasteiger partial charge in [-0.3, -0.25) is 14.5 Å². The Kier molecular flexibility index (Phi) is 12.3. The molecule has 1 aromatic rings. The molecule has 5 N–H and O–H groups in total. The predicted molar refractivity (Wildman–Crippen MR) is 113 cm³/mol. The highest BCUT2D eigenvalue weighted by Crippen LogP contribution is 2.18. The lowest BCUT2D eigenvalue weighted by Gasteiger charge is -2.31. The van der Waals surface area contributed by atoms with Crippen LogP contribution in [0.4, 0.5) is 0 Å². The SMILES string of the molecule is CC(N)CCC(=O)NCc1cccc(CN2CCCC(C(N)=O)C2)c1.Cl.Cl. The van der Waals surface area contributed by atoms with Gasteiger partial charge in [-0.2, -0.15) is 0 Å². The Hall–Kier alpha value is -1.34. The molecule has 2 rings (SSSR count). The number of nitrogens with two attached hydrogens (primary N) is 2. The molecule has 1 aliphatic rings. The minimum atomic E-state index is -0.201. The van der Waals surface area contributed by atoms with Crippen LogP contribution >= 0.6 is 24.8 Å². The summed E-state index contributed by atoms with van der Waals surface area (Å²) in [6.45, 7) is 4.95. The van der Waals surface area contributed by atoms with Crippen LogP contribution in [-0.4, -0.2) is 35.8 Å². The number of benzene rings is 1. The monoisotopic (exact) mass is 418 g/mol. The van der Waals surface area contributed by atoms with Gasteiger partial charge in [0.2, 0.25) is 11.8 Å². The summed E-state index contributed by atoms with van der Waals surface area (Å²) in [6, 6.07) is 8.25. The van der Waals surface area contributed by atoms with Gasteiger partial charge in [0, 0.05) is 32.1 Å². The summed E-state index contributed by atoms with van der Waals surface area (Å²) in [5.41, 5.74) is 13.4. The summed E-state index contributed by atoms with van der Waals surface area (Å²) in [5, 5.41) is 2.94. The first-order chi connectivity index (χ1) is 11.9. The van der Waals surface area contributed by atoms with Crippen molar-refractivity contribution in [2.24, 2.45) is 17.4 Å². The number of carbonyl (C=O) groups is 2. The number of piperidine rings is 1. The summed E-state index contributed by atoms with van der Waals surface area (Å²) < 4.78 is 0. The highest BCUT2D eigenvalue weighted by atomic mass is 35.5. The predicted octanol–water partition coefficient (Wildman–Crippen LogP) is 1.97. The topological polar surface area (TPSA) is 101 Å². The highest BCUT2D eigenvalue weighted by Gasteiger charge is 2.23. The lowest BCUT2D eigenvalue weighted by Crippen LogP contribution is -2.40. The normalized spacial score (nSPS) is 17.9. The van der Waals surface area contributed by atoms with E-state index < -0.39 is 0 Å². The van der Waals surface area contributed by atoms with Crippen LogP contribution in [0.5, 0.6) is 0 Å². The van der Waals surface area contributed by atoms with Gasteiger partial charge in [-0.25, -0.2) is 0 Å². The van der Waals surface area contributed by atoms with E-state index in [2.05, 4.69) is 22.3 Å². The number of likely N-dealkylation sites (tertiary alicyclic amines) is 1. The standard InChI is InChI=1S/C19H30N4O2.2ClH/c1-14(20)7-8-18(24)22-11-15-4-2-5-16(10-15)12-23-9-3-6-17(13-23)19(21)25;;/h2,4-5,10,14,17H,3,6-9,11-13,20H2,1H3,(H2,21,25)(H,22,24);2*1H. The summed E-state index contributed by atoms with van der Waals surface area (Å²) in [4.78, 5) is 25.5. The zero-order valence-electron chi connectivity index (χ0n) is 15.9. The molecule has 0 aliphatic carbocycles. The molecule has 0 radical (unpaired) electrons. The highest BCUT2D eigenvalue weighted by molar-refractivity contribution is 5.85. The molecule has 1 heterocycles. The van der Waals surface area contributed by atoms with E-state index in [9.17, 15) is 9.59 Å². The van der Waals surface area contributed by atoms with Crippen molar-refractivity contribution < 1.29 is 9.59 Å². The van der Waals surface area contributed by atoms with E-state index >= 15 is 0 Å². The maximum absolute atomic E-state index is 11.8. The number of halogens is 2. The summed E-state index contributed by atoms with van der Waals surface area (Å²) in [7, 11) is 0. The van der Waals surface area contributed by atoms with Crippen molar-refractivity contribution in [3.8, 4) is 0 Å². The third kappa shape index (κ3) is 9.42. The van der Waals surface area contributed by atoms with Crippen molar-refractivity contribution in [1.29, 1.82) is 0 Å². The summed E-state index contributed by atoms with van der Waals surface area (Å²) in [5.74, 6) is -0.211. The molecule has 6 nitrogen and oxygen atoms in total. The van der Waals surface area contributed by atoms with Crippen molar-refractivity contribution in [2.45, 2.75) is 51.7 Å². The Balaban J connectivity index is 0.00000338. The second kappa shape index (κ2) is 12.9. The van der Waals surface area contributed by atoms with Gasteiger partial charge in [-0.1, -0.05) is 24.3 Å². The molecular weight excluding hydrogens is 387 g/mol. The van der Waals surface area contributed by atoms with Gasteiger partial charge in [-0.05, 0) is 43.9 Å². The molecule has 2 atom stereocenters. The third-order valence-corrected chi connectivity index (χ3v) is 4.62. The van der Waals surface area contributed by atoms with Crippen molar-refractivity contribution in [3.05, 3.63) is 35.4 Å². The van der Waals surface area contributed by atoms with Crippen molar-refractivity contribution >= 4 is 36.6 Å². The number of carbonyl (C=O) groups excluding carboxylic acids is 2. The molecule has 1 aromatic carbocycles. The molecule has 0 spiro atoms. The lowest BCUT2D eigenvalue weighted by molar-refractivity contribution is -0.123. The molecule has 0 bridgehead atoms. The van der Waals surface area contributed by atoms with E-state index in [-0.39, 0.29) is 48.6 Å². The number of hydrogen-bond donors (Lipinski definition) is 3. The smallest absolute Gasteiger partial charge is 0.221 e. The van der Waals surface area contributed by atoms with Gasteiger partial charge in [-0.15, -0.1) is 24.8 Å². The Morgan fingerprint density at radius 3 is 2.67 bits per heavy atom. The van der Waals surface area contributed by atoms with Crippen LogP contribution in [0.1, 0.15) is 43.7 Å². The van der Waals surface area contributed by atoms with Crippen LogP contribution in [0, 0.1) is 5.92 Å². The molecule has 2 unspecified atom stereocenters. The summed E-state index contributed by atoms with van der Waals surface area (Å²) in [6.07, 6.45) is 3.05. The average Bonchev–Trinajstić information content (AvgIpc) is 2.58. The van der Waals surface area contributed by atoms with Gasteiger partial charge < -0.3 is 16.8 Å². The number of primary amides is 1. The van der Waals surface area contributed by atoms with E-state index in [4.69, 9.17) is 11.5 Å². The van der Waals surface area contributed by atoms with E-state index in [0.717, 1.165) is 38.0 Å². The minimum absolute atomic E-state index is 0. The second-order valence-electron chi connectivity index (χ2n) is 7.09. The van der Waals surface area contributed by atoms with Crippen molar-refractivity contribution in [2.75, 3.05) is 13.1 Å². The van der Waals surface area contributed by atoms with Gasteiger partial charge in [0.05, 0.1) is 5.92 Å². The molecule has 0 aromatic heterocycles. The van der Waals surface area contributed by atoms with E-state index in [1.165, 1.54) is 5.56 Å². The maximum Gasteiger partial charge on any atom is 0.221 e. The molecule has 2 amide bonds. The first-order valence-electron chi connectivity index (χ1n) is 9.06. The van der Waals surface area contributed by atoms with Crippen LogP contribution in [-0.2, 0) is 22.7 Å². The molecule has 8 heteroatoms. The zero-order valence-corrected chi connectivity index (χ0v) is 17.5. The number of hydrogen-bond acceptors (Lipinski definition) is 4. The number of rotatable bonds is 8. The second-order valence-corrected chi connectivity index (χ2v) is 7.09. The maximum atomic E-state index is 11.8. The molecule has 1 saturated heterocycles. The van der Waals surface area contributed by atoms with Gasteiger partial charge in [0.25, 0.3) is 0 Å². The lowest BCUT2D eigenvalue weighted by atomic mass is 9.97. The Morgan fingerprint density at radius 2 is 2.00 bits per heavy atom. The molecule has 27 heavy (non-hydrogen) atoms. The minimum Gasteiger partial charge on any atom is -0.369 e. The fraction of sp³-hybridized carbons (Fsp3) is 0.579. The third-order valence-electron chi connectivity index (χ3n) is 4.62. The zero-order chi connectivity index (χ0) is 18.2. The van der Waals surface area contributed by atoms with Crippen LogP contribution in [0.25, 0.3) is 0 Å². The van der Waals surface area contributed by atoms with Crippen LogP contribution in [0.3, 0.4) is 0 Å². The van der Waals surface area contributed by atoms with E-state index in [1.807, 2.05) is 19.1 Å². The van der Waals surface area contributed by atoms with Crippen LogP contribution in [0.2, 0.25) is 0 Å². The van der Waals surface area contributed by atoms with Crippen LogP contribution in [0.15, 0.2) is 24.3 Å². The molecule has 154 valence electrons. The fourth-order valence-electron chi connectivity index (χ4n) is 3.18. The number of nitrogens with one attached hydrogen (secondary N) is 1. The van der Waals surface area contributed by atoms with Crippen molar-refractivity contribution in [1.82, 2.24) is 10.2 Å². The fourth-order valence-corrected chi connectivity index (χ4v) is 3.18. The van der Waals surface area contributed by atoms with Gasteiger partial charge >= 0.3 is 0 Å². The Bertz CT molecular complexity index is 599. The van der Waals surface area contributed by atoms with Gasteiger partial charge in [0.1, 0.15) is 0 Å². The number of amides is 2. The molecule has 1 fully saturated rings. The molecule has 0 saturated carbocycles. The first-order valence-corrected chi connectivity index (χ1v) is 9.06. The Labute approximate surface area is 174 Å². The van der Waals surface area contributed by atoms with Crippen LogP contribution < -0.4 is 16.8 Å². The Morgan fingerprint density at radius 1 is 1.30 bits per heavy atom. The quantitative estimate of drug-likeness (QED) is 0.600. The van der Waals surface area contributed by atoms with E-state index in [0.29, 0.717) is 19.4 Å². The number of nitrogens with zero attached hydrogens (tertiary/aromatic N) is 1. The largest absolute Gasteiger partial charge is 0.369 e. The van der Waals surface area contributed by atoms with Gasteiger partial charge in [0.15, 0.2) is 0 Å². The molecular formula is C19H32Cl2N4O2. The van der Waals surface area contributed by atoms with Crippen molar-refractivity contribution in [3.63, 3.8) is 0 Å². The van der Waals surface area contributed by atoms with E-state index in [1.54, 1.807) is 0 Å². The first kappa shape index (κ1) is 25.7. The average molecular weight is 419 g/mol.